The molecular formula is C9H18F3NO2S. The maximum Gasteiger partial charge on any atom is 0.441 e. The van der Waals surface area contributed by atoms with Gasteiger partial charge in [-0.25, -0.2) is 0 Å². The Hall–Kier alpha value is 0.0200. The molecule has 98 valence electrons. The summed E-state index contributed by atoms with van der Waals surface area (Å²) in [5, 5.41) is 2.92. The number of halogens is 3. The van der Waals surface area contributed by atoms with E-state index >= 15 is 0 Å². The minimum absolute atomic E-state index is 0.00181. The van der Waals surface area contributed by atoms with Crippen LogP contribution in [0.15, 0.2) is 0 Å². The van der Waals surface area contributed by atoms with Crippen LogP contribution in [0.5, 0.6) is 0 Å². The molecule has 0 aromatic heterocycles. The van der Waals surface area contributed by atoms with Crippen LogP contribution < -0.4 is 5.32 Å². The largest absolute Gasteiger partial charge is 0.441 e. The van der Waals surface area contributed by atoms with Crippen molar-refractivity contribution < 1.29 is 22.6 Å². The molecule has 0 rings (SSSR count). The van der Waals surface area contributed by atoms with Crippen molar-refractivity contribution in [2.45, 2.75) is 11.9 Å². The summed E-state index contributed by atoms with van der Waals surface area (Å²) in [6.45, 7) is 2.76. The zero-order valence-electron chi connectivity index (χ0n) is 9.31. The highest BCUT2D eigenvalue weighted by Gasteiger charge is 2.27. The molecule has 0 aromatic carbocycles. The van der Waals surface area contributed by atoms with Crippen LogP contribution >= 0.6 is 11.8 Å². The molecule has 0 aromatic rings. The van der Waals surface area contributed by atoms with Gasteiger partial charge in [0.25, 0.3) is 0 Å². The van der Waals surface area contributed by atoms with Gasteiger partial charge in [0.05, 0.1) is 13.2 Å². The first-order chi connectivity index (χ1) is 7.56. The van der Waals surface area contributed by atoms with Crippen molar-refractivity contribution in [3.05, 3.63) is 0 Å². The number of rotatable bonds is 10. The Morgan fingerprint density at radius 3 is 2.50 bits per heavy atom. The van der Waals surface area contributed by atoms with Crippen molar-refractivity contribution in [3.63, 3.8) is 0 Å². The summed E-state index contributed by atoms with van der Waals surface area (Å²) in [5.41, 5.74) is -4.12. The monoisotopic (exact) mass is 261 g/mol. The molecule has 0 unspecified atom stereocenters. The predicted molar refractivity (Wildman–Crippen MR) is 58.7 cm³/mol. The first-order valence-corrected chi connectivity index (χ1v) is 6.03. The van der Waals surface area contributed by atoms with Gasteiger partial charge in [-0.2, -0.15) is 13.2 Å². The highest BCUT2D eigenvalue weighted by molar-refractivity contribution is 8.00. The Kier molecular flexibility index (Phi) is 10.2. The van der Waals surface area contributed by atoms with Gasteiger partial charge in [-0.1, -0.05) is 0 Å². The first kappa shape index (κ1) is 16.0. The van der Waals surface area contributed by atoms with Crippen molar-refractivity contribution in [2.24, 2.45) is 0 Å². The average Bonchev–Trinajstić information content (AvgIpc) is 2.19. The fourth-order valence-corrected chi connectivity index (χ4v) is 1.39. The van der Waals surface area contributed by atoms with E-state index in [9.17, 15) is 13.2 Å². The number of methoxy groups -OCH3 is 1. The lowest BCUT2D eigenvalue weighted by Crippen LogP contribution is -2.21. The van der Waals surface area contributed by atoms with E-state index in [1.807, 2.05) is 0 Å². The topological polar surface area (TPSA) is 30.5 Å². The van der Waals surface area contributed by atoms with Gasteiger partial charge >= 0.3 is 5.51 Å². The number of hydrogen-bond donors (Lipinski definition) is 1. The predicted octanol–water partition coefficient (Wildman–Crippen LogP) is 1.88. The molecule has 16 heavy (non-hydrogen) atoms. The number of hydrogen-bond acceptors (Lipinski definition) is 4. The fraction of sp³-hybridized carbons (Fsp3) is 1.00. The van der Waals surface area contributed by atoms with Crippen molar-refractivity contribution >= 4 is 11.8 Å². The second-order valence-electron chi connectivity index (χ2n) is 3.00. The van der Waals surface area contributed by atoms with E-state index in [4.69, 9.17) is 9.47 Å². The number of alkyl halides is 3. The molecule has 0 saturated carbocycles. The third kappa shape index (κ3) is 14.0. The molecule has 7 heteroatoms. The van der Waals surface area contributed by atoms with Crippen molar-refractivity contribution in [3.8, 4) is 0 Å². The summed E-state index contributed by atoms with van der Waals surface area (Å²) < 4.78 is 45.1. The molecule has 0 atom stereocenters. The molecule has 1 N–H and O–H groups in total. The Morgan fingerprint density at radius 2 is 1.88 bits per heavy atom. The number of thioether (sulfide) groups is 1. The minimum Gasteiger partial charge on any atom is -0.382 e. The van der Waals surface area contributed by atoms with Gasteiger partial charge in [-0.05, 0) is 24.7 Å². The molecule has 3 nitrogen and oxygen atoms in total. The van der Waals surface area contributed by atoms with E-state index < -0.39 is 5.51 Å². The molecular weight excluding hydrogens is 243 g/mol. The van der Waals surface area contributed by atoms with E-state index in [0.717, 1.165) is 6.42 Å². The van der Waals surface area contributed by atoms with Crippen LogP contribution in [0.2, 0.25) is 0 Å². The molecule has 0 spiro atoms. The third-order valence-electron chi connectivity index (χ3n) is 1.62. The smallest absolute Gasteiger partial charge is 0.382 e. The molecule has 0 fully saturated rings. The maximum absolute atomic E-state index is 11.7. The van der Waals surface area contributed by atoms with Gasteiger partial charge in [0.2, 0.25) is 0 Å². The van der Waals surface area contributed by atoms with Gasteiger partial charge in [0.15, 0.2) is 0 Å². The van der Waals surface area contributed by atoms with E-state index in [2.05, 4.69) is 5.32 Å². The summed E-state index contributed by atoms with van der Waals surface area (Å²) in [4.78, 5) is 0. The van der Waals surface area contributed by atoms with Crippen LogP contribution in [0.1, 0.15) is 6.42 Å². The van der Waals surface area contributed by atoms with E-state index in [0.29, 0.717) is 32.9 Å². The summed E-state index contributed by atoms with van der Waals surface area (Å²) in [7, 11) is 1.60. The van der Waals surface area contributed by atoms with Crippen LogP contribution in [0.3, 0.4) is 0 Å². The van der Waals surface area contributed by atoms with Gasteiger partial charge < -0.3 is 14.8 Å². The first-order valence-electron chi connectivity index (χ1n) is 5.04. The Balaban J connectivity index is 2.99. The zero-order valence-corrected chi connectivity index (χ0v) is 10.1. The highest BCUT2D eigenvalue weighted by Crippen LogP contribution is 2.29. The van der Waals surface area contributed by atoms with Gasteiger partial charge in [-0.15, -0.1) is 0 Å². The van der Waals surface area contributed by atoms with Crippen LogP contribution in [0.25, 0.3) is 0 Å². The van der Waals surface area contributed by atoms with Crippen molar-refractivity contribution in [1.82, 2.24) is 5.32 Å². The molecule has 0 saturated heterocycles. The van der Waals surface area contributed by atoms with Gasteiger partial charge in [-0.3, -0.25) is 0 Å². The van der Waals surface area contributed by atoms with Crippen LogP contribution in [-0.2, 0) is 9.47 Å². The summed E-state index contributed by atoms with van der Waals surface area (Å²) >= 11 is -0.00181. The van der Waals surface area contributed by atoms with Gasteiger partial charge in [0.1, 0.15) is 0 Å². The molecule has 0 amide bonds. The van der Waals surface area contributed by atoms with E-state index in [1.54, 1.807) is 7.11 Å². The lowest BCUT2D eigenvalue weighted by atomic mass is 10.4. The third-order valence-corrected chi connectivity index (χ3v) is 2.35. The van der Waals surface area contributed by atoms with Crippen LogP contribution in [0, 0.1) is 0 Å². The second-order valence-corrected chi connectivity index (χ2v) is 4.16. The molecule has 0 heterocycles. The lowest BCUT2D eigenvalue weighted by molar-refractivity contribution is -0.0327. The van der Waals surface area contributed by atoms with E-state index in [-0.39, 0.29) is 17.5 Å². The normalized spacial score (nSPS) is 12.0. The van der Waals surface area contributed by atoms with Gasteiger partial charge in [0, 0.05) is 26.0 Å². The van der Waals surface area contributed by atoms with Crippen molar-refractivity contribution in [1.29, 1.82) is 0 Å². The summed E-state index contributed by atoms with van der Waals surface area (Å²) in [5.74, 6) is 0.0496. The average molecular weight is 261 g/mol. The molecule has 0 aliphatic rings. The second kappa shape index (κ2) is 10.2. The quantitative estimate of drug-likeness (QED) is 0.608. The minimum atomic E-state index is -4.12. The standard InChI is InChI=1S/C9H18F3NO2S/c1-14-6-7-15-5-2-3-13-4-8-16-9(10,11)12/h13H,2-8H2,1H3. The highest BCUT2D eigenvalue weighted by atomic mass is 32.2. The molecule has 0 radical (unpaired) electrons. The number of nitrogens with one attached hydrogen (secondary N) is 1. The molecule has 0 bridgehead atoms. The molecule has 0 aliphatic heterocycles. The van der Waals surface area contributed by atoms with E-state index in [1.165, 1.54) is 0 Å². The van der Waals surface area contributed by atoms with Crippen LogP contribution in [0.4, 0.5) is 13.2 Å². The Morgan fingerprint density at radius 1 is 1.12 bits per heavy atom. The maximum atomic E-state index is 11.7. The zero-order chi connectivity index (χ0) is 12.3. The number of ether oxygens (including phenoxy) is 2. The lowest BCUT2D eigenvalue weighted by Gasteiger charge is -2.07. The SMILES string of the molecule is COCCOCCCNCCSC(F)(F)F. The fourth-order valence-electron chi connectivity index (χ4n) is 0.907. The van der Waals surface area contributed by atoms with Crippen LogP contribution in [-0.4, -0.2) is 51.3 Å². The summed E-state index contributed by atoms with van der Waals surface area (Å²) in [6.07, 6.45) is 0.792. The summed E-state index contributed by atoms with van der Waals surface area (Å²) in [6, 6.07) is 0. The Bertz CT molecular complexity index is 158. The van der Waals surface area contributed by atoms with Crippen molar-refractivity contribution in [2.75, 3.05) is 45.8 Å². The Labute approximate surface area is 98.1 Å². The molecule has 0 aliphatic carbocycles.